The number of benzene rings is 2. The monoisotopic (exact) mass is 511 g/mol. The molecule has 3 unspecified atom stereocenters. The molecule has 1 saturated heterocycles. The first-order chi connectivity index (χ1) is 17.4. The number of fused-ring (bicyclic) bond motifs is 1. The third-order valence-corrected chi connectivity index (χ3v) is 9.12. The molecule has 192 valence electrons. The molecule has 2 aliphatic rings. The van der Waals surface area contributed by atoms with E-state index in [9.17, 15) is 12.8 Å². The fraction of sp³-hybridized carbons (Fsp3) is 0.464. The number of aromatic nitrogens is 2. The number of alkyl halides is 1. The minimum atomic E-state index is -3.42. The Kier molecular flexibility index (Phi) is 7.44. The number of hydrogen-bond donors (Lipinski definition) is 0. The number of rotatable bonds is 9. The quantitative estimate of drug-likeness (QED) is 0.400. The van der Waals surface area contributed by atoms with Gasteiger partial charge in [0, 0.05) is 38.3 Å². The van der Waals surface area contributed by atoms with E-state index in [2.05, 4.69) is 46.3 Å². The molecule has 0 amide bonds. The number of nitrogens with zero attached hydrogens (tertiary/aromatic N) is 3. The summed E-state index contributed by atoms with van der Waals surface area (Å²) in [6.45, 7) is 1.65. The van der Waals surface area contributed by atoms with Gasteiger partial charge < -0.3 is 9.30 Å². The van der Waals surface area contributed by atoms with E-state index in [0.717, 1.165) is 31.6 Å². The summed E-state index contributed by atoms with van der Waals surface area (Å²) in [6, 6.07) is 17.1. The summed E-state index contributed by atoms with van der Waals surface area (Å²) in [6.07, 6.45) is 6.19. The topological polar surface area (TPSA) is 64.4 Å². The predicted octanol–water partition coefficient (Wildman–Crippen LogP) is 4.35. The molecule has 0 radical (unpaired) electrons. The average Bonchev–Trinajstić information content (AvgIpc) is 3.51. The minimum Gasteiger partial charge on any atom is -0.494 e. The Morgan fingerprint density at radius 3 is 2.69 bits per heavy atom. The second-order valence-corrected chi connectivity index (χ2v) is 12.1. The van der Waals surface area contributed by atoms with Gasteiger partial charge in [0.1, 0.15) is 11.9 Å². The molecule has 1 aliphatic heterocycles. The lowest BCUT2D eigenvalue weighted by Crippen LogP contribution is -2.42. The summed E-state index contributed by atoms with van der Waals surface area (Å²) in [7, 11) is -1.67. The third kappa shape index (κ3) is 5.65. The number of sulfone groups is 1. The fourth-order valence-electron chi connectivity index (χ4n) is 5.64. The maximum atomic E-state index is 14.1. The van der Waals surface area contributed by atoms with Crippen molar-refractivity contribution in [2.45, 2.75) is 55.3 Å². The van der Waals surface area contributed by atoms with Gasteiger partial charge in [-0.1, -0.05) is 36.4 Å². The van der Waals surface area contributed by atoms with Crippen molar-refractivity contribution >= 4 is 9.84 Å². The number of aryl methyl sites for hydroxylation is 2. The van der Waals surface area contributed by atoms with E-state index in [-0.39, 0.29) is 16.7 Å². The van der Waals surface area contributed by atoms with E-state index in [4.69, 9.17) is 4.74 Å². The maximum absolute atomic E-state index is 14.1. The Balaban J connectivity index is 1.30. The number of likely N-dealkylation sites (tertiary alicyclic amines) is 1. The van der Waals surface area contributed by atoms with Gasteiger partial charge in [0.15, 0.2) is 14.9 Å². The van der Waals surface area contributed by atoms with Crippen LogP contribution in [0.15, 0.2) is 66.1 Å². The second kappa shape index (κ2) is 10.7. The molecule has 0 saturated carbocycles. The first-order valence-corrected chi connectivity index (χ1v) is 14.4. The van der Waals surface area contributed by atoms with Gasteiger partial charge in [-0.15, -0.1) is 0 Å². The van der Waals surface area contributed by atoms with Crippen LogP contribution in [0.4, 0.5) is 4.39 Å². The van der Waals surface area contributed by atoms with Crippen LogP contribution in [0, 0.1) is 0 Å². The van der Waals surface area contributed by atoms with Crippen molar-refractivity contribution in [2.75, 3.05) is 25.4 Å². The molecular formula is C28H34FN3O3S. The number of hydrogen-bond acceptors (Lipinski definition) is 5. The van der Waals surface area contributed by atoms with Gasteiger partial charge in [0.05, 0.1) is 18.7 Å². The van der Waals surface area contributed by atoms with Crippen molar-refractivity contribution in [3.05, 3.63) is 77.7 Å². The van der Waals surface area contributed by atoms with Gasteiger partial charge in [0.25, 0.3) is 0 Å². The predicted molar refractivity (Wildman–Crippen MR) is 138 cm³/mol. The molecule has 1 aromatic heterocycles. The Morgan fingerprint density at radius 2 is 1.97 bits per heavy atom. The van der Waals surface area contributed by atoms with Crippen molar-refractivity contribution in [3.63, 3.8) is 0 Å². The first kappa shape index (κ1) is 25.0. The zero-order valence-electron chi connectivity index (χ0n) is 20.7. The highest BCUT2D eigenvalue weighted by molar-refractivity contribution is 7.91. The average molecular weight is 512 g/mol. The summed E-state index contributed by atoms with van der Waals surface area (Å²) in [5, 5.41) is 0.103. The molecule has 0 spiro atoms. The van der Waals surface area contributed by atoms with Crippen LogP contribution in [-0.4, -0.2) is 60.5 Å². The molecule has 36 heavy (non-hydrogen) atoms. The van der Waals surface area contributed by atoms with Crippen molar-refractivity contribution in [1.29, 1.82) is 0 Å². The largest absolute Gasteiger partial charge is 0.494 e. The van der Waals surface area contributed by atoms with E-state index in [1.165, 1.54) is 29.2 Å². The zero-order chi connectivity index (χ0) is 25.1. The zero-order valence-corrected chi connectivity index (χ0v) is 21.5. The van der Waals surface area contributed by atoms with Crippen LogP contribution >= 0.6 is 0 Å². The van der Waals surface area contributed by atoms with Crippen LogP contribution in [0.25, 0.3) is 0 Å². The van der Waals surface area contributed by atoms with Crippen LogP contribution in [0.2, 0.25) is 0 Å². The lowest BCUT2D eigenvalue weighted by Gasteiger charge is -2.39. The van der Waals surface area contributed by atoms with Gasteiger partial charge in [-0.2, -0.15) is 0 Å². The van der Waals surface area contributed by atoms with Gasteiger partial charge in [-0.3, -0.25) is 4.90 Å². The van der Waals surface area contributed by atoms with Crippen molar-refractivity contribution < 1.29 is 17.5 Å². The van der Waals surface area contributed by atoms with Gasteiger partial charge in [-0.05, 0) is 60.9 Å². The first-order valence-electron chi connectivity index (χ1n) is 12.8. The molecule has 2 heterocycles. The molecule has 3 atom stereocenters. The van der Waals surface area contributed by atoms with E-state index in [0.29, 0.717) is 32.0 Å². The standard InChI is InChI=1S/C28H34FN3O3S/c1-31-19-28(30-20-31)36(33,34)15-5-14-35-24-10-8-22-9-11-27(32-13-12-23(29)18-32)26(25(22)17-24)16-21-6-3-2-4-7-21/h2-4,6-8,10,17,19-20,23,26-27H,5,9,11-16,18H2,1H3. The molecule has 1 fully saturated rings. The summed E-state index contributed by atoms with van der Waals surface area (Å²) in [4.78, 5) is 6.31. The molecule has 5 rings (SSSR count). The summed E-state index contributed by atoms with van der Waals surface area (Å²) < 4.78 is 46.7. The highest BCUT2D eigenvalue weighted by Gasteiger charge is 2.37. The number of ether oxygens (including phenoxy) is 1. The molecule has 3 aromatic rings. The van der Waals surface area contributed by atoms with Crippen molar-refractivity contribution in [2.24, 2.45) is 7.05 Å². The lowest BCUT2D eigenvalue weighted by molar-refractivity contribution is 0.174. The van der Waals surface area contributed by atoms with Crippen molar-refractivity contribution in [3.8, 4) is 5.75 Å². The molecule has 0 N–H and O–H groups in total. The summed E-state index contributed by atoms with van der Waals surface area (Å²) >= 11 is 0. The van der Waals surface area contributed by atoms with E-state index in [1.807, 2.05) is 12.1 Å². The summed E-state index contributed by atoms with van der Waals surface area (Å²) in [5.41, 5.74) is 3.88. The Morgan fingerprint density at radius 1 is 1.14 bits per heavy atom. The maximum Gasteiger partial charge on any atom is 0.197 e. The second-order valence-electron chi connectivity index (χ2n) is 10.0. The van der Waals surface area contributed by atoms with E-state index >= 15 is 0 Å². The van der Waals surface area contributed by atoms with Crippen LogP contribution in [0.5, 0.6) is 5.75 Å². The van der Waals surface area contributed by atoms with Gasteiger partial charge in [0.2, 0.25) is 0 Å². The highest BCUT2D eigenvalue weighted by Crippen LogP contribution is 2.40. The minimum absolute atomic E-state index is 0.00693. The third-order valence-electron chi connectivity index (χ3n) is 7.45. The number of halogens is 1. The molecule has 1 aliphatic carbocycles. The molecular weight excluding hydrogens is 477 g/mol. The molecule has 2 aromatic carbocycles. The number of imidazole rings is 1. The molecule has 6 nitrogen and oxygen atoms in total. The van der Waals surface area contributed by atoms with Crippen LogP contribution in [0.3, 0.4) is 0 Å². The van der Waals surface area contributed by atoms with Crippen LogP contribution in [-0.2, 0) is 29.7 Å². The van der Waals surface area contributed by atoms with E-state index in [1.54, 1.807) is 11.6 Å². The molecule has 0 bridgehead atoms. The smallest absolute Gasteiger partial charge is 0.197 e. The van der Waals surface area contributed by atoms with Crippen LogP contribution in [0.1, 0.15) is 41.9 Å². The molecule has 8 heteroatoms. The highest BCUT2D eigenvalue weighted by atomic mass is 32.2. The normalized spacial score (nSPS) is 22.4. The fourth-order valence-corrected chi connectivity index (χ4v) is 6.88. The Labute approximate surface area is 213 Å². The van der Waals surface area contributed by atoms with E-state index < -0.39 is 16.0 Å². The SMILES string of the molecule is Cn1cnc(S(=O)(=O)CCCOc2ccc3c(c2)C(Cc2ccccc2)C(N2CCC(F)C2)CC3)c1. The van der Waals surface area contributed by atoms with Crippen LogP contribution < -0.4 is 4.74 Å². The Hall–Kier alpha value is -2.71. The van der Waals surface area contributed by atoms with Gasteiger partial charge >= 0.3 is 0 Å². The Bertz CT molecular complexity index is 1280. The van der Waals surface area contributed by atoms with Crippen molar-refractivity contribution in [1.82, 2.24) is 14.5 Å². The lowest BCUT2D eigenvalue weighted by atomic mass is 9.75. The van der Waals surface area contributed by atoms with Gasteiger partial charge in [-0.25, -0.2) is 17.8 Å². The summed E-state index contributed by atoms with van der Waals surface area (Å²) in [5.74, 6) is 1.01.